The van der Waals surface area contributed by atoms with E-state index in [0.29, 0.717) is 34.6 Å². The Hall–Kier alpha value is -4.26. The van der Waals surface area contributed by atoms with Gasteiger partial charge in [-0.05, 0) is 61.2 Å². The molecule has 1 N–H and O–H groups in total. The fourth-order valence-electron chi connectivity index (χ4n) is 4.24. The number of aromatic nitrogens is 2. The molecule has 37 heavy (non-hydrogen) atoms. The zero-order valence-electron chi connectivity index (χ0n) is 21.6. The van der Waals surface area contributed by atoms with Crippen LogP contribution in [0.4, 0.5) is 10.1 Å². The van der Waals surface area contributed by atoms with Crippen molar-refractivity contribution >= 4 is 17.6 Å². The average Bonchev–Trinajstić information content (AvgIpc) is 3.17. The second-order valence-corrected chi connectivity index (χ2v) is 9.53. The van der Waals surface area contributed by atoms with Crippen molar-refractivity contribution in [2.75, 3.05) is 5.32 Å². The number of rotatable bonds is 7. The highest BCUT2D eigenvalue weighted by atomic mass is 19.1. The lowest BCUT2D eigenvalue weighted by Crippen LogP contribution is -2.13. The summed E-state index contributed by atoms with van der Waals surface area (Å²) in [5.74, 6) is -0.608. The SMILES string of the molecule is CC(=O)Oc1c(-c2ccc(NC(=O)CC(C)C)cc2)c(-c2ccccc2F)nn1-c1ccc(C)cc1C. The van der Waals surface area contributed by atoms with E-state index in [2.05, 4.69) is 5.32 Å². The minimum absolute atomic E-state index is 0.0712. The van der Waals surface area contributed by atoms with Crippen LogP contribution < -0.4 is 10.1 Å². The molecule has 0 aliphatic heterocycles. The molecule has 0 bridgehead atoms. The van der Waals surface area contributed by atoms with E-state index in [4.69, 9.17) is 9.84 Å². The maximum absolute atomic E-state index is 15.0. The van der Waals surface area contributed by atoms with E-state index in [1.54, 1.807) is 47.1 Å². The summed E-state index contributed by atoms with van der Waals surface area (Å²) in [5, 5.41) is 7.66. The average molecular weight is 500 g/mol. The van der Waals surface area contributed by atoms with Gasteiger partial charge >= 0.3 is 5.97 Å². The summed E-state index contributed by atoms with van der Waals surface area (Å²) in [6.07, 6.45) is 0.415. The molecule has 0 spiro atoms. The van der Waals surface area contributed by atoms with Gasteiger partial charge in [-0.15, -0.1) is 0 Å². The van der Waals surface area contributed by atoms with E-state index >= 15 is 4.39 Å². The lowest BCUT2D eigenvalue weighted by Gasteiger charge is -2.12. The number of esters is 1. The van der Waals surface area contributed by atoms with Gasteiger partial charge in [-0.2, -0.15) is 9.78 Å². The first-order valence-corrected chi connectivity index (χ1v) is 12.2. The zero-order chi connectivity index (χ0) is 26.7. The molecule has 0 fully saturated rings. The van der Waals surface area contributed by atoms with E-state index in [0.717, 1.165) is 11.1 Å². The van der Waals surface area contributed by atoms with Gasteiger partial charge in [0.1, 0.15) is 11.5 Å². The van der Waals surface area contributed by atoms with Crippen LogP contribution in [0.1, 0.15) is 38.3 Å². The van der Waals surface area contributed by atoms with Gasteiger partial charge in [-0.1, -0.05) is 55.8 Å². The third-order valence-electron chi connectivity index (χ3n) is 5.84. The number of anilines is 1. The lowest BCUT2D eigenvalue weighted by molar-refractivity contribution is -0.132. The molecule has 0 aliphatic carbocycles. The normalized spacial score (nSPS) is 11.0. The molecule has 0 saturated heterocycles. The van der Waals surface area contributed by atoms with Crippen molar-refractivity contribution in [1.29, 1.82) is 0 Å². The zero-order valence-corrected chi connectivity index (χ0v) is 21.6. The van der Waals surface area contributed by atoms with Crippen LogP contribution in [0.25, 0.3) is 28.1 Å². The number of amides is 1. The first-order chi connectivity index (χ1) is 17.6. The molecule has 0 unspecified atom stereocenters. The van der Waals surface area contributed by atoms with Crippen LogP contribution in [0.3, 0.4) is 0 Å². The number of aryl methyl sites for hydroxylation is 2. The van der Waals surface area contributed by atoms with Gasteiger partial charge in [0, 0.05) is 24.6 Å². The van der Waals surface area contributed by atoms with Gasteiger partial charge in [-0.3, -0.25) is 9.59 Å². The minimum Gasteiger partial charge on any atom is -0.407 e. The van der Waals surface area contributed by atoms with Crippen LogP contribution >= 0.6 is 0 Å². The third kappa shape index (κ3) is 5.77. The molecule has 1 amide bonds. The molecule has 0 aliphatic rings. The summed E-state index contributed by atoms with van der Waals surface area (Å²) < 4.78 is 22.3. The number of nitrogens with zero attached hydrogens (tertiary/aromatic N) is 2. The Bertz CT molecular complexity index is 1460. The number of nitrogens with one attached hydrogen (secondary N) is 1. The van der Waals surface area contributed by atoms with Crippen LogP contribution in [0.5, 0.6) is 5.88 Å². The highest BCUT2D eigenvalue weighted by Crippen LogP contribution is 2.42. The highest BCUT2D eigenvalue weighted by Gasteiger charge is 2.26. The van der Waals surface area contributed by atoms with E-state index in [-0.39, 0.29) is 23.3 Å². The molecule has 4 rings (SSSR count). The first kappa shape index (κ1) is 25.8. The Morgan fingerprint density at radius 1 is 1.03 bits per heavy atom. The second kappa shape index (κ2) is 10.8. The molecular formula is C30H30FN3O3. The lowest BCUT2D eigenvalue weighted by atomic mass is 10.0. The van der Waals surface area contributed by atoms with Crippen LogP contribution in [-0.4, -0.2) is 21.7 Å². The Morgan fingerprint density at radius 3 is 2.35 bits per heavy atom. The van der Waals surface area contributed by atoms with Crippen molar-refractivity contribution in [3.63, 3.8) is 0 Å². The highest BCUT2D eigenvalue weighted by molar-refractivity contribution is 5.92. The molecule has 0 atom stereocenters. The number of halogens is 1. The molecule has 190 valence electrons. The number of carbonyl (C=O) groups excluding carboxylic acids is 2. The number of carbonyl (C=O) groups is 2. The van der Waals surface area contributed by atoms with E-state index < -0.39 is 11.8 Å². The number of benzene rings is 3. The molecule has 6 nitrogen and oxygen atoms in total. The largest absolute Gasteiger partial charge is 0.407 e. The second-order valence-electron chi connectivity index (χ2n) is 9.53. The smallest absolute Gasteiger partial charge is 0.309 e. The van der Waals surface area contributed by atoms with Crippen LogP contribution in [0.15, 0.2) is 66.7 Å². The summed E-state index contributed by atoms with van der Waals surface area (Å²) in [4.78, 5) is 24.4. The maximum Gasteiger partial charge on any atom is 0.309 e. The van der Waals surface area contributed by atoms with Gasteiger partial charge in [0.15, 0.2) is 0 Å². The Kier molecular flexibility index (Phi) is 7.53. The van der Waals surface area contributed by atoms with Crippen LogP contribution in [-0.2, 0) is 9.59 Å². The molecule has 0 radical (unpaired) electrons. The summed E-state index contributed by atoms with van der Waals surface area (Å²) in [6.45, 7) is 9.22. The van der Waals surface area contributed by atoms with Crippen molar-refractivity contribution in [3.05, 3.63) is 83.7 Å². The van der Waals surface area contributed by atoms with Crippen molar-refractivity contribution in [2.45, 2.75) is 41.0 Å². The van der Waals surface area contributed by atoms with E-state index in [1.807, 2.05) is 45.9 Å². The van der Waals surface area contributed by atoms with Crippen molar-refractivity contribution in [2.24, 2.45) is 5.92 Å². The molecule has 0 saturated carbocycles. The predicted molar refractivity (Wildman–Crippen MR) is 143 cm³/mol. The number of hydrogen-bond acceptors (Lipinski definition) is 4. The van der Waals surface area contributed by atoms with Crippen LogP contribution in [0, 0.1) is 25.6 Å². The summed E-state index contributed by atoms with van der Waals surface area (Å²) in [5.41, 5.74) is 5.10. The van der Waals surface area contributed by atoms with Crippen molar-refractivity contribution in [3.8, 4) is 34.0 Å². The Labute approximate surface area is 216 Å². The fourth-order valence-corrected chi connectivity index (χ4v) is 4.24. The van der Waals surface area contributed by atoms with E-state index in [9.17, 15) is 9.59 Å². The van der Waals surface area contributed by atoms with E-state index in [1.165, 1.54) is 13.0 Å². The molecule has 4 aromatic rings. The molecule has 1 aromatic heterocycles. The molecule has 3 aromatic carbocycles. The Balaban J connectivity index is 1.91. The van der Waals surface area contributed by atoms with Crippen molar-refractivity contribution < 1.29 is 18.7 Å². The van der Waals surface area contributed by atoms with Crippen molar-refractivity contribution in [1.82, 2.24) is 9.78 Å². The molecule has 1 heterocycles. The van der Waals surface area contributed by atoms with Gasteiger partial charge in [0.05, 0.1) is 11.3 Å². The quantitative estimate of drug-likeness (QED) is 0.282. The van der Waals surface area contributed by atoms with Gasteiger partial charge in [0.25, 0.3) is 0 Å². The summed E-state index contributed by atoms with van der Waals surface area (Å²) >= 11 is 0. The number of ether oxygens (including phenoxy) is 1. The van der Waals surface area contributed by atoms with Gasteiger partial charge in [0.2, 0.25) is 11.8 Å². The molecular weight excluding hydrogens is 469 g/mol. The molecule has 7 heteroatoms. The predicted octanol–water partition coefficient (Wildman–Crippen LogP) is 6.87. The summed E-state index contributed by atoms with van der Waals surface area (Å²) in [6, 6.07) is 19.3. The third-order valence-corrected chi connectivity index (χ3v) is 5.84. The first-order valence-electron chi connectivity index (χ1n) is 12.2. The summed E-state index contributed by atoms with van der Waals surface area (Å²) in [7, 11) is 0. The topological polar surface area (TPSA) is 73.2 Å². The maximum atomic E-state index is 15.0. The minimum atomic E-state index is -0.523. The Morgan fingerprint density at radius 2 is 1.73 bits per heavy atom. The number of hydrogen-bond donors (Lipinski definition) is 1. The van der Waals surface area contributed by atoms with Gasteiger partial charge in [-0.25, -0.2) is 4.39 Å². The fraction of sp³-hybridized carbons (Fsp3) is 0.233. The van der Waals surface area contributed by atoms with Crippen LogP contribution in [0.2, 0.25) is 0 Å². The van der Waals surface area contributed by atoms with Gasteiger partial charge < -0.3 is 10.1 Å². The standard InChI is InChI=1S/C30H30FN3O3/c1-18(2)16-27(36)32-23-13-11-22(12-14-23)28-29(24-8-6-7-9-25(24)31)33-34(30(28)37-21(5)35)26-15-10-19(3)17-20(26)4/h6-15,17-18H,16H2,1-5H3,(H,32,36). The monoisotopic (exact) mass is 499 g/mol.